The molecule has 9 heteroatoms. The van der Waals surface area contributed by atoms with Gasteiger partial charge in [0.2, 0.25) is 5.82 Å². The number of methoxy groups -OCH3 is 1. The van der Waals surface area contributed by atoms with Crippen molar-refractivity contribution in [2.75, 3.05) is 7.11 Å². The predicted molar refractivity (Wildman–Crippen MR) is 83.7 cm³/mol. The third kappa shape index (κ3) is 3.71. The van der Waals surface area contributed by atoms with Gasteiger partial charge >= 0.3 is 5.69 Å². The van der Waals surface area contributed by atoms with E-state index in [9.17, 15) is 14.5 Å². The second-order valence-electron chi connectivity index (χ2n) is 4.90. The van der Waals surface area contributed by atoms with Crippen molar-refractivity contribution in [3.05, 3.63) is 64.2 Å². The smallest absolute Gasteiger partial charge is 0.314 e. The maximum atomic E-state index is 12.9. The molecule has 1 heterocycles. The molecule has 0 saturated heterocycles. The average molecular weight is 345 g/mol. The van der Waals surface area contributed by atoms with Crippen LogP contribution in [-0.4, -0.2) is 22.2 Å². The lowest BCUT2D eigenvalue weighted by Gasteiger charge is -2.06. The van der Waals surface area contributed by atoms with E-state index >= 15 is 0 Å². The maximum absolute atomic E-state index is 12.9. The first kappa shape index (κ1) is 16.4. The summed E-state index contributed by atoms with van der Waals surface area (Å²) < 4.78 is 28.4. The molecule has 25 heavy (non-hydrogen) atoms. The number of halogens is 1. The summed E-state index contributed by atoms with van der Waals surface area (Å²) in [6.45, 7) is -0.127. The Morgan fingerprint density at radius 3 is 2.68 bits per heavy atom. The van der Waals surface area contributed by atoms with Crippen LogP contribution in [0.3, 0.4) is 0 Å². The second kappa shape index (κ2) is 6.95. The van der Waals surface area contributed by atoms with Gasteiger partial charge in [-0.25, -0.2) is 4.39 Å². The molecule has 8 nitrogen and oxygen atoms in total. The number of hydrogen-bond donors (Lipinski definition) is 0. The largest absolute Gasteiger partial charge is 0.496 e. The van der Waals surface area contributed by atoms with Crippen molar-refractivity contribution in [1.29, 1.82) is 0 Å². The van der Waals surface area contributed by atoms with Crippen LogP contribution in [0.25, 0.3) is 11.5 Å². The summed E-state index contributed by atoms with van der Waals surface area (Å²) in [5.41, 5.74) is 0.317. The average Bonchev–Trinajstić information content (AvgIpc) is 3.09. The quantitative estimate of drug-likeness (QED) is 0.498. The maximum Gasteiger partial charge on any atom is 0.314 e. The van der Waals surface area contributed by atoms with E-state index in [2.05, 4.69) is 10.1 Å². The second-order valence-corrected chi connectivity index (χ2v) is 4.90. The number of aromatic nitrogens is 2. The minimum absolute atomic E-state index is 0.0546. The molecule has 0 radical (unpaired) electrons. The number of nitro groups is 1. The first-order valence-electron chi connectivity index (χ1n) is 7.10. The van der Waals surface area contributed by atoms with Crippen LogP contribution in [0.2, 0.25) is 0 Å². The summed E-state index contributed by atoms with van der Waals surface area (Å²) in [5.74, 6) is 0.419. The number of benzene rings is 2. The molecule has 0 unspecified atom stereocenters. The first-order valence-corrected chi connectivity index (χ1v) is 7.10. The Labute approximate surface area is 141 Å². The van der Waals surface area contributed by atoms with Crippen LogP contribution in [0, 0.1) is 15.9 Å². The Balaban J connectivity index is 1.74. The van der Waals surface area contributed by atoms with Gasteiger partial charge in [-0.05, 0) is 36.4 Å². The summed E-state index contributed by atoms with van der Waals surface area (Å²) >= 11 is 0. The molecule has 0 saturated carbocycles. The molecule has 0 amide bonds. The predicted octanol–water partition coefficient (Wildman–Crippen LogP) is 3.37. The van der Waals surface area contributed by atoms with E-state index in [4.69, 9.17) is 14.0 Å². The summed E-state index contributed by atoms with van der Waals surface area (Å²) in [6.07, 6.45) is 0. The SMILES string of the molecule is COc1ccc(OCc2noc(-c3ccc(F)cc3)n2)c([N+](=O)[O-])c1. The molecule has 2 aromatic carbocycles. The summed E-state index contributed by atoms with van der Waals surface area (Å²) in [5, 5.41) is 14.8. The topological polar surface area (TPSA) is 101 Å². The normalized spacial score (nSPS) is 10.5. The monoisotopic (exact) mass is 345 g/mol. The van der Waals surface area contributed by atoms with Crippen LogP contribution in [0.1, 0.15) is 5.82 Å². The van der Waals surface area contributed by atoms with E-state index in [1.54, 1.807) is 6.07 Å². The van der Waals surface area contributed by atoms with Gasteiger partial charge < -0.3 is 14.0 Å². The fourth-order valence-electron chi connectivity index (χ4n) is 2.05. The summed E-state index contributed by atoms with van der Waals surface area (Å²) in [6, 6.07) is 9.78. The van der Waals surface area contributed by atoms with Gasteiger partial charge in [0.15, 0.2) is 12.4 Å². The van der Waals surface area contributed by atoms with Crippen LogP contribution in [0.4, 0.5) is 10.1 Å². The van der Waals surface area contributed by atoms with Gasteiger partial charge in [-0.15, -0.1) is 0 Å². The number of nitrogens with zero attached hydrogens (tertiary/aromatic N) is 3. The lowest BCUT2D eigenvalue weighted by atomic mass is 10.2. The van der Waals surface area contributed by atoms with Gasteiger partial charge in [0.05, 0.1) is 18.1 Å². The molecule has 0 atom stereocenters. The van der Waals surface area contributed by atoms with E-state index in [0.29, 0.717) is 11.3 Å². The fraction of sp³-hybridized carbons (Fsp3) is 0.125. The lowest BCUT2D eigenvalue weighted by molar-refractivity contribution is -0.386. The van der Waals surface area contributed by atoms with E-state index in [-0.39, 0.29) is 35.6 Å². The molecular formula is C16H12FN3O5. The van der Waals surface area contributed by atoms with Gasteiger partial charge in [0, 0.05) is 5.56 Å². The molecule has 0 aliphatic heterocycles. The van der Waals surface area contributed by atoms with Gasteiger partial charge in [-0.2, -0.15) is 4.98 Å². The number of nitro benzene ring substituents is 1. The van der Waals surface area contributed by atoms with Gasteiger partial charge in [-0.1, -0.05) is 5.16 Å². The standard InChI is InChI=1S/C16H12FN3O5/c1-23-12-6-7-14(13(8-12)20(21)22)24-9-15-18-16(25-19-15)10-2-4-11(17)5-3-10/h2-8H,9H2,1H3. The molecule has 1 aromatic heterocycles. The zero-order valence-electron chi connectivity index (χ0n) is 13.0. The highest BCUT2D eigenvalue weighted by Crippen LogP contribution is 2.31. The van der Waals surface area contributed by atoms with Crippen LogP contribution < -0.4 is 9.47 Å². The zero-order valence-corrected chi connectivity index (χ0v) is 13.0. The van der Waals surface area contributed by atoms with E-state index in [1.165, 1.54) is 43.5 Å². The number of hydrogen-bond acceptors (Lipinski definition) is 7. The Hall–Kier alpha value is -3.49. The van der Waals surface area contributed by atoms with E-state index < -0.39 is 4.92 Å². The highest BCUT2D eigenvalue weighted by atomic mass is 19.1. The minimum Gasteiger partial charge on any atom is -0.496 e. The van der Waals surface area contributed by atoms with Crippen molar-refractivity contribution < 1.29 is 23.3 Å². The molecule has 0 N–H and O–H groups in total. The van der Waals surface area contributed by atoms with Gasteiger partial charge in [0.25, 0.3) is 5.89 Å². The van der Waals surface area contributed by atoms with Gasteiger partial charge in [-0.3, -0.25) is 10.1 Å². The molecular weight excluding hydrogens is 333 g/mol. The Bertz CT molecular complexity index is 895. The number of rotatable bonds is 6. The third-order valence-electron chi connectivity index (χ3n) is 3.28. The molecule has 128 valence electrons. The van der Waals surface area contributed by atoms with Crippen molar-refractivity contribution in [2.45, 2.75) is 6.61 Å². The molecule has 0 bridgehead atoms. The van der Waals surface area contributed by atoms with Crippen LogP contribution >= 0.6 is 0 Å². The molecule has 0 spiro atoms. The Kier molecular flexibility index (Phi) is 4.55. The van der Waals surface area contributed by atoms with Gasteiger partial charge in [0.1, 0.15) is 11.6 Å². The van der Waals surface area contributed by atoms with Crippen LogP contribution in [0.15, 0.2) is 47.0 Å². The van der Waals surface area contributed by atoms with E-state index in [1.807, 2.05) is 0 Å². The highest BCUT2D eigenvalue weighted by molar-refractivity contribution is 5.52. The van der Waals surface area contributed by atoms with Crippen LogP contribution in [-0.2, 0) is 6.61 Å². The fourth-order valence-corrected chi connectivity index (χ4v) is 2.05. The van der Waals surface area contributed by atoms with Crippen molar-refractivity contribution >= 4 is 5.69 Å². The summed E-state index contributed by atoms with van der Waals surface area (Å²) in [7, 11) is 1.41. The Morgan fingerprint density at radius 2 is 2.00 bits per heavy atom. The third-order valence-corrected chi connectivity index (χ3v) is 3.28. The molecule has 0 aliphatic rings. The number of ether oxygens (including phenoxy) is 2. The first-order chi connectivity index (χ1) is 12.1. The molecule has 3 rings (SSSR count). The zero-order chi connectivity index (χ0) is 17.8. The van der Waals surface area contributed by atoms with Crippen molar-refractivity contribution in [3.63, 3.8) is 0 Å². The van der Waals surface area contributed by atoms with Crippen LogP contribution in [0.5, 0.6) is 11.5 Å². The van der Waals surface area contributed by atoms with Crippen molar-refractivity contribution in [3.8, 4) is 23.0 Å². The molecule has 3 aromatic rings. The minimum atomic E-state index is -0.571. The lowest BCUT2D eigenvalue weighted by Crippen LogP contribution is -2.01. The van der Waals surface area contributed by atoms with E-state index in [0.717, 1.165) is 0 Å². The molecule has 0 aliphatic carbocycles. The van der Waals surface area contributed by atoms with Crippen molar-refractivity contribution in [2.24, 2.45) is 0 Å². The highest BCUT2D eigenvalue weighted by Gasteiger charge is 2.18. The molecule has 0 fully saturated rings. The Morgan fingerprint density at radius 1 is 1.24 bits per heavy atom. The van der Waals surface area contributed by atoms with Crippen molar-refractivity contribution in [1.82, 2.24) is 10.1 Å². The summed E-state index contributed by atoms with van der Waals surface area (Å²) in [4.78, 5) is 14.6.